The first-order chi connectivity index (χ1) is 17.6. The molecule has 0 bridgehead atoms. The molecule has 0 unspecified atom stereocenters. The maximum atomic E-state index is 12.8. The second-order valence-corrected chi connectivity index (χ2v) is 9.55. The predicted octanol–water partition coefficient (Wildman–Crippen LogP) is 4.78. The molecule has 0 radical (unpaired) electrons. The summed E-state index contributed by atoms with van der Waals surface area (Å²) in [5.41, 5.74) is 2.59. The number of hydrogen-bond acceptors (Lipinski definition) is 4. The molecule has 6 nitrogen and oxygen atoms in total. The molecule has 4 aromatic rings. The van der Waals surface area contributed by atoms with E-state index in [1.54, 1.807) is 17.7 Å². The molecule has 1 aliphatic heterocycles. The monoisotopic (exact) mass is 519 g/mol. The van der Waals surface area contributed by atoms with Crippen molar-refractivity contribution in [3.05, 3.63) is 117 Å². The van der Waals surface area contributed by atoms with Crippen LogP contribution in [0.2, 0.25) is 0 Å². The zero-order valence-electron chi connectivity index (χ0n) is 21.2. The first kappa shape index (κ1) is 26.9. The molecular formula is C30H34ClN3O3. The van der Waals surface area contributed by atoms with Gasteiger partial charge in [0.1, 0.15) is 6.10 Å². The van der Waals surface area contributed by atoms with Gasteiger partial charge in [0.25, 0.3) is 5.56 Å². The molecule has 2 heterocycles. The van der Waals surface area contributed by atoms with E-state index in [1.165, 1.54) is 15.7 Å². The summed E-state index contributed by atoms with van der Waals surface area (Å²) in [5, 5.41) is 0.587. The van der Waals surface area contributed by atoms with Gasteiger partial charge in [-0.1, -0.05) is 72.8 Å². The number of piperidine rings is 1. The van der Waals surface area contributed by atoms with Crippen molar-refractivity contribution in [2.75, 3.05) is 19.6 Å². The van der Waals surface area contributed by atoms with Gasteiger partial charge < -0.3 is 9.64 Å². The molecule has 194 valence electrons. The Morgan fingerprint density at radius 1 is 0.811 bits per heavy atom. The number of rotatable bonds is 8. The summed E-state index contributed by atoms with van der Waals surface area (Å²) in [6.07, 6.45) is 2.97. The van der Waals surface area contributed by atoms with Crippen LogP contribution in [0.25, 0.3) is 10.9 Å². The van der Waals surface area contributed by atoms with E-state index >= 15 is 0 Å². The number of likely N-dealkylation sites (tertiary alicyclic amines) is 1. The van der Waals surface area contributed by atoms with Gasteiger partial charge in [-0.25, -0.2) is 4.79 Å². The average molecular weight is 520 g/mol. The summed E-state index contributed by atoms with van der Waals surface area (Å²) in [6, 6.07) is 28.2. The van der Waals surface area contributed by atoms with E-state index in [0.29, 0.717) is 17.4 Å². The normalized spacial score (nSPS) is 14.6. The fraction of sp³-hybridized carbons (Fsp3) is 0.333. The third-order valence-electron chi connectivity index (χ3n) is 7.17. The Labute approximate surface area is 223 Å². The van der Waals surface area contributed by atoms with E-state index in [0.717, 1.165) is 38.9 Å². The maximum absolute atomic E-state index is 12.8. The van der Waals surface area contributed by atoms with Crippen molar-refractivity contribution in [3.8, 4) is 0 Å². The largest absolute Gasteiger partial charge is 0.365 e. The van der Waals surface area contributed by atoms with E-state index in [2.05, 4.69) is 53.4 Å². The highest BCUT2D eigenvalue weighted by atomic mass is 35.5. The molecule has 0 amide bonds. The fourth-order valence-electron chi connectivity index (χ4n) is 5.18. The Morgan fingerprint density at radius 2 is 1.38 bits per heavy atom. The minimum Gasteiger partial charge on any atom is -0.365 e. The Kier molecular flexibility index (Phi) is 8.98. The van der Waals surface area contributed by atoms with Crippen LogP contribution in [0.15, 0.2) is 94.5 Å². The number of hydrogen-bond donors (Lipinski definition) is 0. The summed E-state index contributed by atoms with van der Waals surface area (Å²) < 4.78 is 9.61. The average Bonchev–Trinajstić information content (AvgIpc) is 2.94. The lowest BCUT2D eigenvalue weighted by Gasteiger charge is -2.34. The molecule has 5 rings (SSSR count). The Balaban J connectivity index is 0.00000320. The molecule has 0 aliphatic carbocycles. The fourth-order valence-corrected chi connectivity index (χ4v) is 5.18. The van der Waals surface area contributed by atoms with Crippen LogP contribution in [0.3, 0.4) is 0 Å². The Hall–Kier alpha value is -3.19. The van der Waals surface area contributed by atoms with Crippen LogP contribution in [0.5, 0.6) is 0 Å². The van der Waals surface area contributed by atoms with Crippen LogP contribution in [0, 0.1) is 0 Å². The highest BCUT2D eigenvalue weighted by Gasteiger charge is 2.24. The molecule has 1 aliphatic rings. The van der Waals surface area contributed by atoms with Crippen LogP contribution in [0.1, 0.15) is 36.5 Å². The minimum absolute atomic E-state index is 0. The molecule has 1 aromatic heterocycles. The highest BCUT2D eigenvalue weighted by Crippen LogP contribution is 2.30. The van der Waals surface area contributed by atoms with Crippen molar-refractivity contribution < 1.29 is 4.74 Å². The van der Waals surface area contributed by atoms with Crippen molar-refractivity contribution >= 4 is 23.3 Å². The summed E-state index contributed by atoms with van der Waals surface area (Å²) in [5.74, 6) is 0. The van der Waals surface area contributed by atoms with Crippen LogP contribution in [0.4, 0.5) is 0 Å². The van der Waals surface area contributed by atoms with Gasteiger partial charge in [-0.2, -0.15) is 0 Å². The van der Waals surface area contributed by atoms with E-state index in [1.807, 2.05) is 30.3 Å². The molecule has 37 heavy (non-hydrogen) atoms. The number of ether oxygens (including phenoxy) is 1. The van der Waals surface area contributed by atoms with Crippen LogP contribution in [-0.2, 0) is 18.3 Å². The lowest BCUT2D eigenvalue weighted by atomic mass is 10.00. The zero-order chi connectivity index (χ0) is 24.9. The van der Waals surface area contributed by atoms with Crippen molar-refractivity contribution in [2.24, 2.45) is 7.05 Å². The third-order valence-corrected chi connectivity index (χ3v) is 7.17. The van der Waals surface area contributed by atoms with Gasteiger partial charge in [-0.3, -0.25) is 13.9 Å². The van der Waals surface area contributed by atoms with Gasteiger partial charge >= 0.3 is 5.69 Å². The smallest absolute Gasteiger partial charge is 0.331 e. The van der Waals surface area contributed by atoms with Crippen molar-refractivity contribution in [3.63, 3.8) is 0 Å². The van der Waals surface area contributed by atoms with Crippen LogP contribution < -0.4 is 11.2 Å². The molecular weight excluding hydrogens is 486 g/mol. The number of halogens is 1. The summed E-state index contributed by atoms with van der Waals surface area (Å²) in [6.45, 7) is 3.46. The Bertz CT molecular complexity index is 1370. The van der Waals surface area contributed by atoms with Crippen LogP contribution in [-0.4, -0.2) is 39.8 Å². The maximum Gasteiger partial charge on any atom is 0.331 e. The lowest BCUT2D eigenvalue weighted by Crippen LogP contribution is -2.40. The van der Waals surface area contributed by atoms with Gasteiger partial charge in [0, 0.05) is 26.7 Å². The summed E-state index contributed by atoms with van der Waals surface area (Å²) in [7, 11) is 1.55. The number of fused-ring (bicyclic) bond motifs is 1. The summed E-state index contributed by atoms with van der Waals surface area (Å²) >= 11 is 0. The molecule has 0 spiro atoms. The van der Waals surface area contributed by atoms with E-state index < -0.39 is 0 Å². The number of aromatic nitrogens is 2. The lowest BCUT2D eigenvalue weighted by molar-refractivity contribution is -0.0271. The van der Waals surface area contributed by atoms with Gasteiger partial charge in [-0.15, -0.1) is 12.4 Å². The minimum atomic E-state index is -0.251. The van der Waals surface area contributed by atoms with Gasteiger partial charge in [0.15, 0.2) is 0 Å². The molecule has 0 atom stereocenters. The number of para-hydroxylation sites is 1. The molecule has 1 saturated heterocycles. The van der Waals surface area contributed by atoms with E-state index in [9.17, 15) is 9.59 Å². The molecule has 0 saturated carbocycles. The third kappa shape index (κ3) is 6.04. The second kappa shape index (κ2) is 12.4. The molecule has 0 N–H and O–H groups in total. The SMILES string of the molecule is Cl.Cn1c(=O)c2ccccc2n(CCCN2CCC(OC(c3ccccc3)c3ccccc3)CC2)c1=O. The second-order valence-electron chi connectivity index (χ2n) is 9.55. The van der Waals surface area contributed by atoms with Crippen molar-refractivity contribution in [2.45, 2.75) is 38.0 Å². The molecule has 3 aromatic carbocycles. The topological polar surface area (TPSA) is 56.5 Å². The number of aryl methyl sites for hydroxylation is 1. The predicted molar refractivity (Wildman–Crippen MR) is 151 cm³/mol. The highest BCUT2D eigenvalue weighted by molar-refractivity contribution is 5.85. The standard InChI is InChI=1S/C30H33N3O3.ClH/c1-31-29(34)26-15-8-9-16-27(26)33(30(31)35)20-10-19-32-21-17-25(18-22-32)36-28(23-11-4-2-5-12-23)24-13-6-3-7-14-24;/h2-9,11-16,25,28H,10,17-22H2,1H3;1H. The molecule has 7 heteroatoms. The van der Waals surface area contributed by atoms with Gasteiger partial charge in [0.2, 0.25) is 0 Å². The van der Waals surface area contributed by atoms with Crippen molar-refractivity contribution in [1.82, 2.24) is 14.0 Å². The van der Waals surface area contributed by atoms with E-state index in [4.69, 9.17) is 4.74 Å². The quantitative estimate of drug-likeness (QED) is 0.336. The number of benzene rings is 3. The molecule has 1 fully saturated rings. The van der Waals surface area contributed by atoms with Gasteiger partial charge in [0.05, 0.1) is 17.0 Å². The van der Waals surface area contributed by atoms with Crippen molar-refractivity contribution in [1.29, 1.82) is 0 Å². The Morgan fingerprint density at radius 3 is 2.00 bits per heavy atom. The van der Waals surface area contributed by atoms with Gasteiger partial charge in [-0.05, 0) is 49.1 Å². The van der Waals surface area contributed by atoms with Crippen LogP contribution >= 0.6 is 12.4 Å². The first-order valence-corrected chi connectivity index (χ1v) is 12.8. The van der Waals surface area contributed by atoms with E-state index in [-0.39, 0.29) is 35.9 Å². The zero-order valence-corrected chi connectivity index (χ0v) is 22.0. The summed E-state index contributed by atoms with van der Waals surface area (Å²) in [4.78, 5) is 27.7. The number of nitrogens with zero attached hydrogens (tertiary/aromatic N) is 3. The first-order valence-electron chi connectivity index (χ1n) is 12.8.